The summed E-state index contributed by atoms with van der Waals surface area (Å²) in [5, 5.41) is 2.29. The van der Waals surface area contributed by atoms with Crippen LogP contribution in [0.1, 0.15) is 30.4 Å². The molecular weight excluding hydrogens is 461 g/mol. The highest BCUT2D eigenvalue weighted by molar-refractivity contribution is 5.93. The number of rotatable bonds is 5. The maximum absolute atomic E-state index is 14.7. The first-order valence-corrected chi connectivity index (χ1v) is 10.3. The lowest BCUT2D eigenvalue weighted by Gasteiger charge is -2.24. The van der Waals surface area contributed by atoms with Crippen molar-refractivity contribution in [3.8, 4) is 5.82 Å². The van der Waals surface area contributed by atoms with E-state index in [1.54, 1.807) is 0 Å². The summed E-state index contributed by atoms with van der Waals surface area (Å²) in [7, 11) is 0. The maximum Gasteiger partial charge on any atom is 0.419 e. The summed E-state index contributed by atoms with van der Waals surface area (Å²) >= 11 is 0. The van der Waals surface area contributed by atoms with Gasteiger partial charge in [-0.2, -0.15) is 13.2 Å². The molecule has 0 aliphatic carbocycles. The summed E-state index contributed by atoms with van der Waals surface area (Å²) in [4.78, 5) is 33.9. The molecule has 1 saturated heterocycles. The maximum atomic E-state index is 14.7. The smallest absolute Gasteiger partial charge is 0.324 e. The van der Waals surface area contributed by atoms with Gasteiger partial charge in [-0.05, 0) is 24.5 Å². The van der Waals surface area contributed by atoms with Crippen molar-refractivity contribution in [2.75, 3.05) is 16.8 Å². The third-order valence-electron chi connectivity index (χ3n) is 5.25. The van der Waals surface area contributed by atoms with Crippen LogP contribution in [0.15, 0.2) is 43.0 Å². The molecule has 7 nitrogen and oxygen atoms in total. The highest BCUT2D eigenvalue weighted by Gasteiger charge is 2.35. The fourth-order valence-electron chi connectivity index (χ4n) is 3.62. The molecule has 3 heterocycles. The summed E-state index contributed by atoms with van der Waals surface area (Å²) in [6, 6.07) is 3.61. The molecule has 0 bridgehead atoms. The van der Waals surface area contributed by atoms with Crippen LogP contribution in [0.25, 0.3) is 5.82 Å². The first kappa shape index (κ1) is 23.3. The minimum absolute atomic E-state index is 0.0646. The number of amides is 2. The van der Waals surface area contributed by atoms with Crippen LogP contribution >= 0.6 is 0 Å². The van der Waals surface area contributed by atoms with Gasteiger partial charge in [-0.1, -0.05) is 12.1 Å². The third kappa shape index (κ3) is 4.90. The minimum atomic E-state index is -4.89. The highest BCUT2D eigenvalue weighted by Crippen LogP contribution is 2.32. The van der Waals surface area contributed by atoms with E-state index in [-0.39, 0.29) is 17.4 Å². The summed E-state index contributed by atoms with van der Waals surface area (Å²) < 4.78 is 68.6. The molecule has 34 heavy (non-hydrogen) atoms. The van der Waals surface area contributed by atoms with Gasteiger partial charge in [-0.3, -0.25) is 19.1 Å². The first-order chi connectivity index (χ1) is 16.1. The number of nitrogens with zero attached hydrogens (tertiary/aromatic N) is 4. The molecule has 1 aliphatic heterocycles. The van der Waals surface area contributed by atoms with Crippen molar-refractivity contribution in [3.05, 3.63) is 65.7 Å². The number of nitrogens with one attached hydrogen (secondary N) is 1. The van der Waals surface area contributed by atoms with Crippen molar-refractivity contribution in [2.24, 2.45) is 0 Å². The molecule has 0 spiro atoms. The molecular formula is C22H18F5N5O2. The van der Waals surface area contributed by atoms with E-state index in [2.05, 4.69) is 15.3 Å². The van der Waals surface area contributed by atoms with E-state index >= 15 is 0 Å². The van der Waals surface area contributed by atoms with Crippen LogP contribution < -0.4 is 10.2 Å². The average Bonchev–Trinajstić information content (AvgIpc) is 3.24. The van der Waals surface area contributed by atoms with Gasteiger partial charge in [0.2, 0.25) is 11.8 Å². The number of anilines is 2. The van der Waals surface area contributed by atoms with E-state index in [1.165, 1.54) is 22.0 Å². The molecule has 0 unspecified atom stereocenters. The van der Waals surface area contributed by atoms with E-state index < -0.39 is 41.3 Å². The lowest BCUT2D eigenvalue weighted by atomic mass is 10.1. The van der Waals surface area contributed by atoms with E-state index in [4.69, 9.17) is 0 Å². The van der Waals surface area contributed by atoms with Crippen molar-refractivity contribution in [2.45, 2.75) is 31.9 Å². The fraction of sp³-hybridized carbons (Fsp3) is 0.273. The number of carbonyl (C=O) groups excluding carboxylic acids is 2. The quantitative estimate of drug-likeness (QED) is 0.555. The number of pyridine rings is 1. The van der Waals surface area contributed by atoms with Gasteiger partial charge in [0.25, 0.3) is 0 Å². The molecule has 1 aromatic carbocycles. The van der Waals surface area contributed by atoms with Crippen LogP contribution in [0.4, 0.5) is 33.5 Å². The number of imidazole rings is 1. The van der Waals surface area contributed by atoms with E-state index in [9.17, 15) is 31.5 Å². The zero-order chi connectivity index (χ0) is 24.5. The summed E-state index contributed by atoms with van der Waals surface area (Å²) in [6.07, 6.45) is 0.384. The number of alkyl halides is 3. The molecule has 2 amide bonds. The van der Waals surface area contributed by atoms with Crippen molar-refractivity contribution >= 4 is 23.3 Å². The predicted molar refractivity (Wildman–Crippen MR) is 111 cm³/mol. The van der Waals surface area contributed by atoms with Crippen LogP contribution in [0.3, 0.4) is 0 Å². The van der Waals surface area contributed by atoms with Gasteiger partial charge in [-0.25, -0.2) is 18.7 Å². The molecule has 3 aromatic rings. The van der Waals surface area contributed by atoms with Gasteiger partial charge in [0.05, 0.1) is 30.1 Å². The van der Waals surface area contributed by atoms with Gasteiger partial charge >= 0.3 is 6.18 Å². The normalized spacial score (nSPS) is 14.4. The predicted octanol–water partition coefficient (Wildman–Crippen LogP) is 4.26. The largest absolute Gasteiger partial charge is 0.419 e. The molecule has 178 valence electrons. The van der Waals surface area contributed by atoms with Crippen LogP contribution in [0, 0.1) is 11.6 Å². The molecule has 0 atom stereocenters. The molecule has 4 rings (SSSR count). The Morgan fingerprint density at radius 1 is 1.15 bits per heavy atom. The van der Waals surface area contributed by atoms with Gasteiger partial charge in [-0.15, -0.1) is 0 Å². The number of hydrogen-bond acceptors (Lipinski definition) is 4. The highest BCUT2D eigenvalue weighted by atomic mass is 19.4. The Morgan fingerprint density at radius 2 is 1.94 bits per heavy atom. The number of benzene rings is 1. The monoisotopic (exact) mass is 479 g/mol. The van der Waals surface area contributed by atoms with Crippen molar-refractivity contribution in [1.29, 1.82) is 0 Å². The van der Waals surface area contributed by atoms with Gasteiger partial charge in [0, 0.05) is 19.0 Å². The molecule has 12 heteroatoms. The van der Waals surface area contributed by atoms with Gasteiger partial charge in [0.1, 0.15) is 12.1 Å². The second-order valence-corrected chi connectivity index (χ2v) is 7.67. The topological polar surface area (TPSA) is 80.1 Å². The number of hydrogen-bond donors (Lipinski definition) is 1. The van der Waals surface area contributed by atoms with Crippen molar-refractivity contribution in [3.63, 3.8) is 0 Å². The number of halogens is 5. The van der Waals surface area contributed by atoms with Crippen LogP contribution in [0.2, 0.25) is 0 Å². The number of piperidine rings is 1. The van der Waals surface area contributed by atoms with Crippen LogP contribution in [-0.4, -0.2) is 32.9 Å². The van der Waals surface area contributed by atoms with Crippen LogP contribution in [0.5, 0.6) is 0 Å². The molecule has 2 aromatic heterocycles. The van der Waals surface area contributed by atoms with Gasteiger partial charge in [0.15, 0.2) is 17.5 Å². The SMILES string of the molecule is O=C(Cc1cccc(C(F)(F)F)c1F)Nc1cnc(-n2cnc(N3CCCCC3=O)c2)c(F)c1. The Balaban J connectivity index is 1.46. The van der Waals surface area contributed by atoms with E-state index in [1.807, 2.05) is 0 Å². The Bertz CT molecular complexity index is 1240. The first-order valence-electron chi connectivity index (χ1n) is 10.3. The lowest BCUT2D eigenvalue weighted by molar-refractivity contribution is -0.140. The Hall–Kier alpha value is -3.83. The van der Waals surface area contributed by atoms with Crippen molar-refractivity contribution in [1.82, 2.24) is 14.5 Å². The molecule has 0 radical (unpaired) electrons. The van der Waals surface area contributed by atoms with Gasteiger partial charge < -0.3 is 5.32 Å². The zero-order valence-electron chi connectivity index (χ0n) is 17.6. The number of carbonyl (C=O) groups is 2. The van der Waals surface area contributed by atoms with E-state index in [0.717, 1.165) is 37.2 Å². The average molecular weight is 479 g/mol. The summed E-state index contributed by atoms with van der Waals surface area (Å²) in [5.41, 5.74) is -1.98. The lowest BCUT2D eigenvalue weighted by Crippen LogP contribution is -2.35. The number of aromatic nitrogens is 3. The second-order valence-electron chi connectivity index (χ2n) is 7.67. The third-order valence-corrected chi connectivity index (χ3v) is 5.25. The zero-order valence-corrected chi connectivity index (χ0v) is 17.6. The Morgan fingerprint density at radius 3 is 2.65 bits per heavy atom. The summed E-state index contributed by atoms with van der Waals surface area (Å²) in [5.74, 6) is -3.04. The minimum Gasteiger partial charge on any atom is -0.324 e. The van der Waals surface area contributed by atoms with Crippen molar-refractivity contribution < 1.29 is 31.5 Å². The fourth-order valence-corrected chi connectivity index (χ4v) is 3.62. The molecule has 1 fully saturated rings. The second kappa shape index (κ2) is 9.20. The standard InChI is InChI=1S/C22H18F5N5O2/c23-16-9-14(30-18(33)8-13-4-3-5-15(20(13)24)22(25,26)27)10-28-21(16)31-11-17(29-12-31)32-7-2-1-6-19(32)34/h3-5,9-12H,1-2,6-8H2,(H,30,33). The van der Waals surface area contributed by atoms with E-state index in [0.29, 0.717) is 24.8 Å². The molecule has 1 aliphatic rings. The Kier molecular flexibility index (Phi) is 6.31. The molecule has 1 N–H and O–H groups in total. The van der Waals surface area contributed by atoms with Crippen LogP contribution in [-0.2, 0) is 22.2 Å². The Labute approximate surface area is 190 Å². The summed E-state index contributed by atoms with van der Waals surface area (Å²) in [6.45, 7) is 0.517. The molecule has 0 saturated carbocycles.